The Labute approximate surface area is 176 Å². The second-order valence-electron chi connectivity index (χ2n) is 6.82. The van der Waals surface area contributed by atoms with Crippen molar-refractivity contribution in [2.75, 3.05) is 12.9 Å². The van der Waals surface area contributed by atoms with Crippen molar-refractivity contribution in [1.29, 1.82) is 0 Å². The lowest BCUT2D eigenvalue weighted by molar-refractivity contribution is 0.0515. The number of aromatic nitrogens is 1. The number of esters is 1. The fraction of sp³-hybridized carbons (Fsp3) is 0.250. The van der Waals surface area contributed by atoms with Gasteiger partial charge in [-0.25, -0.2) is 9.64 Å². The van der Waals surface area contributed by atoms with Gasteiger partial charge < -0.3 is 9.30 Å². The number of rotatable bonds is 5. The van der Waals surface area contributed by atoms with Crippen molar-refractivity contribution in [3.63, 3.8) is 0 Å². The molecule has 0 aliphatic rings. The maximum atomic E-state index is 12.7. The van der Waals surface area contributed by atoms with Crippen LogP contribution in [-0.4, -0.2) is 23.4 Å². The fourth-order valence-electron chi connectivity index (χ4n) is 3.77. The van der Waals surface area contributed by atoms with Gasteiger partial charge in [0.15, 0.2) is 0 Å². The van der Waals surface area contributed by atoms with E-state index in [0.717, 1.165) is 16.2 Å². The largest absolute Gasteiger partial charge is 0.461 e. The summed E-state index contributed by atoms with van der Waals surface area (Å²) in [6.07, 6.45) is 1.91. The van der Waals surface area contributed by atoms with Crippen molar-refractivity contribution in [1.82, 2.24) is 4.57 Å². The standard InChI is InChI=1S/C24H24N2O2S/c1-7-28-24(27)22-20(21(25-4)23(29-6)26(22)5)18-13-11-17(12-14-18)19-15(2)9-8-10-16(19)3/h8-14H,7H2,1-3,5-6H3. The highest BCUT2D eigenvalue weighted by Crippen LogP contribution is 2.43. The highest BCUT2D eigenvalue weighted by Gasteiger charge is 2.27. The molecule has 29 heavy (non-hydrogen) atoms. The summed E-state index contributed by atoms with van der Waals surface area (Å²) < 4.78 is 7.05. The molecule has 0 aliphatic heterocycles. The van der Waals surface area contributed by atoms with Crippen molar-refractivity contribution in [3.05, 3.63) is 70.7 Å². The minimum absolute atomic E-state index is 0.289. The molecule has 0 unspecified atom stereocenters. The summed E-state index contributed by atoms with van der Waals surface area (Å²) in [5, 5.41) is 0.761. The summed E-state index contributed by atoms with van der Waals surface area (Å²) in [5.41, 5.74) is 7.15. The lowest BCUT2D eigenvalue weighted by atomic mass is 9.94. The molecule has 3 rings (SSSR count). The first kappa shape index (κ1) is 20.8. The number of carbonyl (C=O) groups excluding carboxylic acids is 1. The van der Waals surface area contributed by atoms with Crippen LogP contribution in [0.15, 0.2) is 47.5 Å². The number of carbonyl (C=O) groups is 1. The van der Waals surface area contributed by atoms with Gasteiger partial charge in [0.05, 0.1) is 18.2 Å². The molecule has 0 fully saturated rings. The molecule has 0 saturated heterocycles. The van der Waals surface area contributed by atoms with E-state index in [4.69, 9.17) is 11.3 Å². The van der Waals surface area contributed by atoms with Gasteiger partial charge >= 0.3 is 5.97 Å². The van der Waals surface area contributed by atoms with Gasteiger partial charge in [-0.05, 0) is 54.8 Å². The third kappa shape index (κ3) is 3.68. The minimum atomic E-state index is -0.408. The van der Waals surface area contributed by atoms with Crippen molar-refractivity contribution >= 4 is 23.4 Å². The molecule has 5 heteroatoms. The smallest absolute Gasteiger partial charge is 0.354 e. The zero-order valence-corrected chi connectivity index (χ0v) is 18.2. The molecule has 0 amide bonds. The van der Waals surface area contributed by atoms with Crippen LogP contribution in [0.1, 0.15) is 28.5 Å². The van der Waals surface area contributed by atoms with Crippen LogP contribution in [0.2, 0.25) is 0 Å². The highest BCUT2D eigenvalue weighted by molar-refractivity contribution is 7.98. The molecule has 148 valence electrons. The van der Waals surface area contributed by atoms with Crippen LogP contribution >= 0.6 is 11.8 Å². The lowest BCUT2D eigenvalue weighted by Crippen LogP contribution is -2.11. The Morgan fingerprint density at radius 1 is 1.07 bits per heavy atom. The number of benzene rings is 2. The van der Waals surface area contributed by atoms with E-state index in [-0.39, 0.29) is 6.61 Å². The third-order valence-electron chi connectivity index (χ3n) is 5.03. The van der Waals surface area contributed by atoms with Crippen molar-refractivity contribution < 1.29 is 9.53 Å². The molecule has 0 aliphatic carbocycles. The van der Waals surface area contributed by atoms with Gasteiger partial charge in [-0.2, -0.15) is 0 Å². The Hall–Kier alpha value is -2.97. The van der Waals surface area contributed by atoms with Crippen molar-refractivity contribution in [2.24, 2.45) is 7.05 Å². The summed E-state index contributed by atoms with van der Waals surface area (Å²) >= 11 is 1.46. The van der Waals surface area contributed by atoms with Gasteiger partial charge in [0, 0.05) is 12.6 Å². The third-order valence-corrected chi connectivity index (χ3v) is 5.89. The predicted octanol–water partition coefficient (Wildman–Crippen LogP) is 6.43. The monoisotopic (exact) mass is 404 g/mol. The summed E-state index contributed by atoms with van der Waals surface area (Å²) in [6.45, 7) is 14.0. The van der Waals surface area contributed by atoms with Gasteiger partial charge in [-0.1, -0.05) is 42.5 Å². The Morgan fingerprint density at radius 3 is 2.10 bits per heavy atom. The summed E-state index contributed by atoms with van der Waals surface area (Å²) in [7, 11) is 1.81. The predicted molar refractivity (Wildman–Crippen MR) is 120 cm³/mol. The van der Waals surface area contributed by atoms with Crippen molar-refractivity contribution in [3.8, 4) is 22.3 Å². The molecule has 1 aromatic heterocycles. The van der Waals surface area contributed by atoms with Crippen LogP contribution in [0, 0.1) is 20.4 Å². The van der Waals surface area contributed by atoms with Gasteiger partial charge in [0.2, 0.25) is 5.69 Å². The second kappa shape index (κ2) is 8.59. The van der Waals surface area contributed by atoms with Crippen LogP contribution in [0.25, 0.3) is 27.1 Å². The summed E-state index contributed by atoms with van der Waals surface area (Å²) in [4.78, 5) is 16.4. The minimum Gasteiger partial charge on any atom is -0.461 e. The van der Waals surface area contributed by atoms with E-state index in [1.807, 2.05) is 18.4 Å². The average molecular weight is 405 g/mol. The molecule has 4 nitrogen and oxygen atoms in total. The number of aryl methyl sites for hydroxylation is 2. The van der Waals surface area contributed by atoms with Crippen LogP contribution in [0.3, 0.4) is 0 Å². The maximum absolute atomic E-state index is 12.7. The first-order chi connectivity index (χ1) is 13.9. The number of hydrogen-bond acceptors (Lipinski definition) is 3. The molecule has 0 spiro atoms. The number of ether oxygens (including phenoxy) is 1. The molecule has 2 aromatic carbocycles. The van der Waals surface area contributed by atoms with E-state index in [2.05, 4.69) is 49.0 Å². The first-order valence-electron chi connectivity index (χ1n) is 9.42. The van der Waals surface area contributed by atoms with E-state index in [9.17, 15) is 4.79 Å². The Morgan fingerprint density at radius 2 is 1.62 bits per heavy atom. The molecule has 0 bridgehead atoms. The molecule has 0 saturated carbocycles. The van der Waals surface area contributed by atoms with Gasteiger partial charge in [0.25, 0.3) is 0 Å². The Bertz CT molecular complexity index is 1090. The first-order valence-corrected chi connectivity index (χ1v) is 10.6. The van der Waals surface area contributed by atoms with Crippen LogP contribution in [0.4, 0.5) is 5.69 Å². The normalized spacial score (nSPS) is 10.6. The Kier molecular flexibility index (Phi) is 6.14. The van der Waals surface area contributed by atoms with E-state index in [1.54, 1.807) is 18.5 Å². The summed E-state index contributed by atoms with van der Waals surface area (Å²) in [6, 6.07) is 14.3. The second-order valence-corrected chi connectivity index (χ2v) is 7.61. The SMILES string of the molecule is [C-]#[N+]c1c(-c2ccc(-c3c(C)cccc3C)cc2)c(C(=O)OCC)n(C)c1SC. The van der Waals surface area contributed by atoms with Gasteiger partial charge in [-0.3, -0.25) is 0 Å². The fourth-order valence-corrected chi connectivity index (χ4v) is 4.48. The maximum Gasteiger partial charge on any atom is 0.354 e. The number of nitrogens with zero attached hydrogens (tertiary/aromatic N) is 2. The zero-order valence-electron chi connectivity index (χ0n) is 17.4. The average Bonchev–Trinajstić information content (AvgIpc) is 3.00. The zero-order chi connectivity index (χ0) is 21.1. The molecule has 3 aromatic rings. The van der Waals surface area contributed by atoms with E-state index < -0.39 is 5.97 Å². The van der Waals surface area contributed by atoms with E-state index in [0.29, 0.717) is 16.9 Å². The number of hydrogen-bond donors (Lipinski definition) is 0. The van der Waals surface area contributed by atoms with E-state index in [1.165, 1.54) is 28.5 Å². The quantitative estimate of drug-likeness (QED) is 0.279. The molecular weight excluding hydrogens is 380 g/mol. The number of thioether (sulfide) groups is 1. The lowest BCUT2D eigenvalue weighted by Gasteiger charge is -2.12. The van der Waals surface area contributed by atoms with Crippen LogP contribution in [-0.2, 0) is 11.8 Å². The van der Waals surface area contributed by atoms with Gasteiger partial charge in [-0.15, -0.1) is 11.8 Å². The molecule has 0 N–H and O–H groups in total. The molecular formula is C24H24N2O2S. The molecule has 0 atom stereocenters. The molecule has 0 radical (unpaired) electrons. The van der Waals surface area contributed by atoms with Crippen LogP contribution < -0.4 is 0 Å². The topological polar surface area (TPSA) is 35.6 Å². The van der Waals surface area contributed by atoms with E-state index >= 15 is 0 Å². The van der Waals surface area contributed by atoms with Gasteiger partial charge in [0.1, 0.15) is 5.69 Å². The Balaban J connectivity index is 2.18. The summed E-state index contributed by atoms with van der Waals surface area (Å²) in [5.74, 6) is -0.408. The highest BCUT2D eigenvalue weighted by atomic mass is 32.2. The van der Waals surface area contributed by atoms with Crippen molar-refractivity contribution in [2.45, 2.75) is 25.8 Å². The molecule has 1 heterocycles. The van der Waals surface area contributed by atoms with Crippen LogP contribution in [0.5, 0.6) is 0 Å².